The molecule has 0 spiro atoms. The van der Waals surface area contributed by atoms with E-state index in [-0.39, 0.29) is 0 Å². The highest BCUT2D eigenvalue weighted by atomic mass is 16.3. The molecule has 1 heteroatoms. The van der Waals surface area contributed by atoms with Gasteiger partial charge < -0.3 is 5.11 Å². The maximum absolute atomic E-state index is 10.3. The lowest BCUT2D eigenvalue weighted by Crippen LogP contribution is -2.64. The molecule has 8 aliphatic carbocycles. The second kappa shape index (κ2) is 4.44. The summed E-state index contributed by atoms with van der Waals surface area (Å²) in [6.07, 6.45) is 19.6. The van der Waals surface area contributed by atoms with E-state index in [0.717, 1.165) is 29.1 Å². The quantitative estimate of drug-likeness (QED) is 0.719. The minimum atomic E-state index is 0.340. The average molecular weight is 329 g/mol. The predicted octanol–water partition coefficient (Wildman–Crippen LogP) is 5.56. The van der Waals surface area contributed by atoms with Gasteiger partial charge in [-0.25, -0.2) is 0 Å². The first-order valence-electron chi connectivity index (χ1n) is 11.1. The lowest BCUT2D eigenvalue weighted by Gasteiger charge is -2.74. The molecule has 0 aromatic rings. The minimum Gasteiger partial charge on any atom is -0.396 e. The van der Waals surface area contributed by atoms with Crippen molar-refractivity contribution in [2.75, 3.05) is 6.61 Å². The first-order chi connectivity index (χ1) is 11.5. The van der Waals surface area contributed by atoms with E-state index in [1.807, 2.05) is 0 Å². The molecule has 1 N–H and O–H groups in total. The second-order valence-electron chi connectivity index (χ2n) is 12.0. The van der Waals surface area contributed by atoms with Crippen LogP contribution in [0.3, 0.4) is 0 Å². The molecule has 0 aliphatic heterocycles. The van der Waals surface area contributed by atoms with Crippen LogP contribution < -0.4 is 0 Å². The van der Waals surface area contributed by atoms with Crippen molar-refractivity contribution < 1.29 is 5.11 Å². The highest BCUT2D eigenvalue weighted by molar-refractivity contribution is 5.19. The summed E-state index contributed by atoms with van der Waals surface area (Å²) in [5.41, 5.74) is 2.38. The van der Waals surface area contributed by atoms with Crippen molar-refractivity contribution in [3.8, 4) is 0 Å². The molecular weight excluding hydrogens is 292 g/mol. The Labute approximate surface area is 148 Å². The molecule has 134 valence electrons. The van der Waals surface area contributed by atoms with Gasteiger partial charge in [0.05, 0.1) is 0 Å². The van der Waals surface area contributed by atoms with Crippen molar-refractivity contribution in [3.63, 3.8) is 0 Å². The third kappa shape index (κ3) is 1.72. The molecule has 8 aliphatic rings. The molecule has 0 saturated heterocycles. The zero-order chi connectivity index (χ0) is 16.2. The summed E-state index contributed by atoms with van der Waals surface area (Å²) >= 11 is 0. The van der Waals surface area contributed by atoms with Gasteiger partial charge in [0.1, 0.15) is 0 Å². The lowest BCUT2D eigenvalue weighted by molar-refractivity contribution is -0.243. The molecule has 1 nitrogen and oxygen atoms in total. The molecule has 4 atom stereocenters. The number of hydrogen-bond donors (Lipinski definition) is 1. The molecule has 24 heavy (non-hydrogen) atoms. The molecule has 8 fully saturated rings. The van der Waals surface area contributed by atoms with Gasteiger partial charge in [-0.2, -0.15) is 0 Å². The van der Waals surface area contributed by atoms with Gasteiger partial charge in [-0.3, -0.25) is 0 Å². The maximum atomic E-state index is 10.3. The summed E-state index contributed by atoms with van der Waals surface area (Å²) in [6.45, 7) is 2.99. The van der Waals surface area contributed by atoms with Crippen molar-refractivity contribution in [3.05, 3.63) is 0 Å². The van der Waals surface area contributed by atoms with E-state index in [9.17, 15) is 5.11 Å². The highest BCUT2D eigenvalue weighted by Gasteiger charge is 2.69. The summed E-state index contributed by atoms with van der Waals surface area (Å²) in [6, 6.07) is 0. The zero-order valence-corrected chi connectivity index (χ0v) is 15.7. The van der Waals surface area contributed by atoms with E-state index in [1.54, 1.807) is 51.4 Å². The standard InChI is InChI=1S/C23H36O/c1-2-20-5-16-3-17(6-20)10-22(9-16,13-20)23-11-18-4-19(12-23)8-21(7-18,14-23)15-24/h16-19,24H,2-15H2,1H3. The highest BCUT2D eigenvalue weighted by Crippen LogP contribution is 2.78. The molecule has 8 saturated carbocycles. The molecule has 0 heterocycles. The monoisotopic (exact) mass is 328 g/mol. The number of aliphatic hydroxyl groups excluding tert-OH is 1. The van der Waals surface area contributed by atoms with E-state index in [1.165, 1.54) is 32.1 Å². The first-order valence-corrected chi connectivity index (χ1v) is 11.1. The van der Waals surface area contributed by atoms with Gasteiger partial charge in [0, 0.05) is 6.61 Å². The maximum Gasteiger partial charge on any atom is 0.0487 e. The molecule has 0 aromatic heterocycles. The van der Waals surface area contributed by atoms with E-state index in [0.29, 0.717) is 22.9 Å². The van der Waals surface area contributed by atoms with Gasteiger partial charge in [-0.05, 0) is 122 Å². The smallest absolute Gasteiger partial charge is 0.0487 e. The largest absolute Gasteiger partial charge is 0.396 e. The summed E-state index contributed by atoms with van der Waals surface area (Å²) in [5.74, 6) is 4.04. The number of aliphatic hydroxyl groups is 1. The van der Waals surface area contributed by atoms with Crippen LogP contribution in [0.15, 0.2) is 0 Å². The van der Waals surface area contributed by atoms with Crippen LogP contribution in [-0.2, 0) is 0 Å². The Hall–Kier alpha value is -0.0400. The van der Waals surface area contributed by atoms with E-state index < -0.39 is 0 Å². The van der Waals surface area contributed by atoms with Gasteiger partial charge in [-0.1, -0.05) is 13.3 Å². The molecular formula is C23H36O. The van der Waals surface area contributed by atoms with E-state index in [2.05, 4.69) is 6.92 Å². The fourth-order valence-corrected chi connectivity index (χ4v) is 10.7. The second-order valence-corrected chi connectivity index (χ2v) is 12.0. The normalized spacial score (nSPS) is 63.2. The van der Waals surface area contributed by atoms with Crippen LogP contribution in [0.4, 0.5) is 0 Å². The molecule has 0 aromatic carbocycles. The summed E-state index contributed by atoms with van der Waals surface area (Å²) < 4.78 is 0. The van der Waals surface area contributed by atoms with Crippen LogP contribution in [0.2, 0.25) is 0 Å². The predicted molar refractivity (Wildman–Crippen MR) is 96.5 cm³/mol. The topological polar surface area (TPSA) is 20.2 Å². The molecule has 8 bridgehead atoms. The van der Waals surface area contributed by atoms with Crippen molar-refractivity contribution in [1.82, 2.24) is 0 Å². The van der Waals surface area contributed by atoms with Gasteiger partial charge in [0.2, 0.25) is 0 Å². The lowest BCUT2D eigenvalue weighted by atomic mass is 9.31. The fraction of sp³-hybridized carbons (Fsp3) is 1.00. The Morgan fingerprint density at radius 2 is 1.08 bits per heavy atom. The summed E-state index contributed by atoms with van der Waals surface area (Å²) in [5, 5.41) is 10.3. The van der Waals surface area contributed by atoms with Gasteiger partial charge in [-0.15, -0.1) is 0 Å². The van der Waals surface area contributed by atoms with Gasteiger partial charge >= 0.3 is 0 Å². The number of hydrogen-bond acceptors (Lipinski definition) is 1. The zero-order valence-electron chi connectivity index (χ0n) is 15.7. The van der Waals surface area contributed by atoms with E-state index in [4.69, 9.17) is 0 Å². The van der Waals surface area contributed by atoms with Crippen molar-refractivity contribution in [1.29, 1.82) is 0 Å². The van der Waals surface area contributed by atoms with E-state index >= 15 is 0 Å². The van der Waals surface area contributed by atoms with Crippen LogP contribution >= 0.6 is 0 Å². The Morgan fingerprint density at radius 3 is 1.50 bits per heavy atom. The van der Waals surface area contributed by atoms with Crippen LogP contribution in [0.25, 0.3) is 0 Å². The van der Waals surface area contributed by atoms with Crippen molar-refractivity contribution in [2.24, 2.45) is 45.3 Å². The van der Waals surface area contributed by atoms with Crippen LogP contribution in [-0.4, -0.2) is 11.7 Å². The fourth-order valence-electron chi connectivity index (χ4n) is 10.7. The van der Waals surface area contributed by atoms with Crippen molar-refractivity contribution >= 4 is 0 Å². The summed E-state index contributed by atoms with van der Waals surface area (Å²) in [7, 11) is 0. The minimum absolute atomic E-state index is 0.340. The Bertz CT molecular complexity index is 484. The van der Waals surface area contributed by atoms with Crippen LogP contribution in [0.1, 0.15) is 90.4 Å². The Morgan fingerprint density at radius 1 is 0.667 bits per heavy atom. The van der Waals surface area contributed by atoms with Gasteiger partial charge in [0.25, 0.3) is 0 Å². The third-order valence-electron chi connectivity index (χ3n) is 10.6. The molecule has 0 radical (unpaired) electrons. The van der Waals surface area contributed by atoms with Crippen LogP contribution in [0.5, 0.6) is 0 Å². The molecule has 8 rings (SSSR count). The molecule has 4 unspecified atom stereocenters. The third-order valence-corrected chi connectivity index (χ3v) is 10.6. The van der Waals surface area contributed by atoms with Crippen molar-refractivity contribution in [2.45, 2.75) is 90.4 Å². The SMILES string of the molecule is CCC12CC3CC(C1)CC(C14CC5CC(CC(CO)(C5)C1)C4)(C3)C2. The van der Waals surface area contributed by atoms with Crippen LogP contribution in [0, 0.1) is 45.3 Å². The first kappa shape index (κ1) is 15.1. The molecule has 0 amide bonds. The Balaban J connectivity index is 1.44. The van der Waals surface area contributed by atoms with Gasteiger partial charge in [0.15, 0.2) is 0 Å². The Kier molecular flexibility index (Phi) is 2.78. The number of rotatable bonds is 3. The summed E-state index contributed by atoms with van der Waals surface area (Å²) in [4.78, 5) is 0. The average Bonchev–Trinajstić information content (AvgIpc) is 2.52.